The van der Waals surface area contributed by atoms with E-state index in [0.29, 0.717) is 12.0 Å². The van der Waals surface area contributed by atoms with Gasteiger partial charge in [-0.1, -0.05) is 59.7 Å². The van der Waals surface area contributed by atoms with E-state index in [0.717, 1.165) is 12.5 Å². The topological polar surface area (TPSA) is 12.0 Å². The molecule has 1 N–H and O–H groups in total. The van der Waals surface area contributed by atoms with Crippen molar-refractivity contribution in [3.05, 3.63) is 34.9 Å². The van der Waals surface area contributed by atoms with E-state index in [1.54, 1.807) is 5.56 Å². The Morgan fingerprint density at radius 3 is 2.53 bits per heavy atom. The molecule has 0 aliphatic carbocycles. The molecule has 2 atom stereocenters. The highest BCUT2D eigenvalue weighted by atomic mass is 14.9. The smallest absolute Gasteiger partial charge is 0.0211 e. The Hall–Kier alpha value is -0.820. The lowest BCUT2D eigenvalue weighted by Gasteiger charge is -2.34. The van der Waals surface area contributed by atoms with Gasteiger partial charge in [-0.15, -0.1) is 0 Å². The van der Waals surface area contributed by atoms with E-state index in [1.165, 1.54) is 17.5 Å². The van der Waals surface area contributed by atoms with Gasteiger partial charge < -0.3 is 5.32 Å². The fourth-order valence-electron chi connectivity index (χ4n) is 3.10. The molecule has 0 radical (unpaired) electrons. The van der Waals surface area contributed by atoms with Gasteiger partial charge >= 0.3 is 0 Å². The first kappa shape index (κ1) is 14.6. The molecule has 2 rings (SSSR count). The molecule has 1 aromatic rings. The van der Waals surface area contributed by atoms with Gasteiger partial charge in [0.2, 0.25) is 0 Å². The van der Waals surface area contributed by atoms with E-state index >= 15 is 0 Å². The second kappa shape index (κ2) is 5.28. The Labute approximate surface area is 118 Å². The molecule has 1 heterocycles. The van der Waals surface area contributed by atoms with E-state index in [9.17, 15) is 0 Å². The minimum atomic E-state index is 0.243. The van der Waals surface area contributed by atoms with Crippen molar-refractivity contribution in [3.63, 3.8) is 0 Å². The van der Waals surface area contributed by atoms with Gasteiger partial charge in [-0.05, 0) is 40.4 Å². The van der Waals surface area contributed by atoms with Crippen LogP contribution in [0.4, 0.5) is 0 Å². The van der Waals surface area contributed by atoms with Crippen LogP contribution in [0.5, 0.6) is 0 Å². The maximum Gasteiger partial charge on any atom is 0.0211 e. The lowest BCUT2D eigenvalue weighted by Crippen LogP contribution is -2.39. The predicted molar refractivity (Wildman–Crippen MR) is 83.6 cm³/mol. The highest BCUT2D eigenvalue weighted by Crippen LogP contribution is 2.33. The molecule has 1 aliphatic heterocycles. The van der Waals surface area contributed by atoms with Crippen LogP contribution in [0.2, 0.25) is 0 Å². The molecule has 19 heavy (non-hydrogen) atoms. The monoisotopic (exact) mass is 259 g/mol. The van der Waals surface area contributed by atoms with Gasteiger partial charge in [-0.3, -0.25) is 0 Å². The lowest BCUT2D eigenvalue weighted by molar-refractivity contribution is 0.355. The second-order valence-corrected chi connectivity index (χ2v) is 7.57. The third kappa shape index (κ3) is 3.20. The lowest BCUT2D eigenvalue weighted by atomic mass is 9.79. The number of rotatable bonds is 2. The normalized spacial score (nSPS) is 23.5. The largest absolute Gasteiger partial charge is 0.309 e. The third-order valence-electron chi connectivity index (χ3n) is 4.38. The molecular formula is C18H29N. The molecule has 0 saturated carbocycles. The van der Waals surface area contributed by atoms with Crippen molar-refractivity contribution in [2.75, 3.05) is 0 Å². The molecule has 0 aromatic heterocycles. The first-order valence-corrected chi connectivity index (χ1v) is 7.65. The standard InChI is InChI=1S/C18H29N/c1-12(2)9-17-13(3)16-8-7-15(18(4,5)6)10-14(16)11-19-17/h7-8,10,12-13,17,19H,9,11H2,1-6H3. The van der Waals surface area contributed by atoms with Crippen molar-refractivity contribution in [1.29, 1.82) is 0 Å². The highest BCUT2D eigenvalue weighted by Gasteiger charge is 2.27. The predicted octanol–water partition coefficient (Wildman–Crippen LogP) is 4.61. The first-order valence-electron chi connectivity index (χ1n) is 7.65. The maximum atomic E-state index is 3.74. The van der Waals surface area contributed by atoms with Crippen LogP contribution in [0.3, 0.4) is 0 Å². The Balaban J connectivity index is 2.26. The van der Waals surface area contributed by atoms with Gasteiger partial charge in [0.15, 0.2) is 0 Å². The summed E-state index contributed by atoms with van der Waals surface area (Å²) in [6, 6.07) is 7.74. The molecule has 1 aromatic carbocycles. The summed E-state index contributed by atoms with van der Waals surface area (Å²) in [6.07, 6.45) is 1.27. The highest BCUT2D eigenvalue weighted by molar-refractivity contribution is 5.39. The molecule has 0 saturated heterocycles. The van der Waals surface area contributed by atoms with E-state index in [2.05, 4.69) is 65.1 Å². The fraction of sp³-hybridized carbons (Fsp3) is 0.667. The van der Waals surface area contributed by atoms with Gasteiger partial charge in [-0.25, -0.2) is 0 Å². The van der Waals surface area contributed by atoms with Crippen LogP contribution in [0.1, 0.15) is 70.6 Å². The number of fused-ring (bicyclic) bond motifs is 1. The van der Waals surface area contributed by atoms with Crippen LogP contribution in [-0.2, 0) is 12.0 Å². The molecule has 0 bridgehead atoms. The Bertz CT molecular complexity index is 439. The summed E-state index contributed by atoms with van der Waals surface area (Å²) in [5, 5.41) is 3.74. The van der Waals surface area contributed by atoms with Gasteiger partial charge in [-0.2, -0.15) is 0 Å². The summed E-state index contributed by atoms with van der Waals surface area (Å²) in [5.41, 5.74) is 4.74. The number of nitrogens with one attached hydrogen (secondary N) is 1. The molecular weight excluding hydrogens is 230 g/mol. The summed E-state index contributed by atoms with van der Waals surface area (Å²) >= 11 is 0. The average molecular weight is 259 g/mol. The third-order valence-corrected chi connectivity index (χ3v) is 4.38. The van der Waals surface area contributed by atoms with E-state index in [-0.39, 0.29) is 5.41 Å². The second-order valence-electron chi connectivity index (χ2n) is 7.57. The summed E-state index contributed by atoms with van der Waals surface area (Å²) in [5.74, 6) is 1.38. The SMILES string of the molecule is CC(C)CC1NCc2cc(C(C)(C)C)ccc2C1C. The van der Waals surface area contributed by atoms with Crippen molar-refractivity contribution >= 4 is 0 Å². The number of hydrogen-bond acceptors (Lipinski definition) is 1. The zero-order chi connectivity index (χ0) is 14.2. The zero-order valence-electron chi connectivity index (χ0n) is 13.4. The molecule has 0 amide bonds. The van der Waals surface area contributed by atoms with Crippen molar-refractivity contribution < 1.29 is 0 Å². The molecule has 0 spiro atoms. The summed E-state index contributed by atoms with van der Waals surface area (Å²) in [7, 11) is 0. The molecule has 106 valence electrons. The van der Waals surface area contributed by atoms with Crippen molar-refractivity contribution in [2.45, 2.75) is 71.9 Å². The van der Waals surface area contributed by atoms with Crippen LogP contribution in [0, 0.1) is 5.92 Å². The quantitative estimate of drug-likeness (QED) is 0.818. The molecule has 2 unspecified atom stereocenters. The van der Waals surface area contributed by atoms with Gasteiger partial charge in [0.1, 0.15) is 0 Å². The van der Waals surface area contributed by atoms with Crippen molar-refractivity contribution in [2.24, 2.45) is 5.92 Å². The van der Waals surface area contributed by atoms with Crippen LogP contribution in [0.25, 0.3) is 0 Å². The first-order chi connectivity index (χ1) is 8.79. The maximum absolute atomic E-state index is 3.74. The van der Waals surface area contributed by atoms with Crippen molar-refractivity contribution in [1.82, 2.24) is 5.32 Å². The van der Waals surface area contributed by atoms with E-state index in [1.807, 2.05) is 0 Å². The van der Waals surface area contributed by atoms with Crippen LogP contribution in [-0.4, -0.2) is 6.04 Å². The fourth-order valence-corrected chi connectivity index (χ4v) is 3.10. The Morgan fingerprint density at radius 2 is 1.95 bits per heavy atom. The minimum Gasteiger partial charge on any atom is -0.309 e. The van der Waals surface area contributed by atoms with Crippen LogP contribution in [0.15, 0.2) is 18.2 Å². The van der Waals surface area contributed by atoms with Crippen LogP contribution < -0.4 is 5.32 Å². The van der Waals surface area contributed by atoms with Gasteiger partial charge in [0.05, 0.1) is 0 Å². The Kier molecular flexibility index (Phi) is 4.06. The molecule has 1 heteroatoms. The summed E-state index contributed by atoms with van der Waals surface area (Å²) < 4.78 is 0. The average Bonchev–Trinajstić information content (AvgIpc) is 2.31. The van der Waals surface area contributed by atoms with Gasteiger partial charge in [0.25, 0.3) is 0 Å². The summed E-state index contributed by atoms with van der Waals surface area (Å²) in [4.78, 5) is 0. The Morgan fingerprint density at radius 1 is 1.26 bits per heavy atom. The van der Waals surface area contributed by atoms with E-state index < -0.39 is 0 Å². The molecule has 0 fully saturated rings. The van der Waals surface area contributed by atoms with E-state index in [4.69, 9.17) is 0 Å². The summed E-state index contributed by atoms with van der Waals surface area (Å²) in [6.45, 7) is 14.9. The van der Waals surface area contributed by atoms with Crippen molar-refractivity contribution in [3.8, 4) is 0 Å². The minimum absolute atomic E-state index is 0.243. The van der Waals surface area contributed by atoms with Crippen LogP contribution >= 0.6 is 0 Å². The molecule has 1 aliphatic rings. The zero-order valence-corrected chi connectivity index (χ0v) is 13.4. The number of benzene rings is 1. The molecule has 1 nitrogen and oxygen atoms in total. The number of hydrogen-bond donors (Lipinski definition) is 1. The van der Waals surface area contributed by atoms with Gasteiger partial charge in [0, 0.05) is 12.6 Å².